The fraction of sp³-hybridized carbons (Fsp3) is 0.167. The quantitative estimate of drug-likeness (QED) is 0.0579. The average molecular weight is 634 g/mol. The predicted molar refractivity (Wildman–Crippen MR) is 179 cm³/mol. The van der Waals surface area contributed by atoms with Gasteiger partial charge in [0.25, 0.3) is 5.78 Å². The number of carbonyl (C=O) groups is 2. The highest BCUT2D eigenvalue weighted by Crippen LogP contribution is 2.44. The summed E-state index contributed by atoms with van der Waals surface area (Å²) in [7, 11) is 0. The molecule has 7 nitrogen and oxygen atoms in total. The molecule has 0 radical (unpaired) electrons. The van der Waals surface area contributed by atoms with E-state index in [1.54, 1.807) is 24.3 Å². The summed E-state index contributed by atoms with van der Waals surface area (Å²) in [6.45, 7) is 6.45. The van der Waals surface area contributed by atoms with Crippen molar-refractivity contribution >= 4 is 45.7 Å². The van der Waals surface area contributed by atoms with Gasteiger partial charge in [-0.3, -0.25) is 14.5 Å². The highest BCUT2D eigenvalue weighted by atomic mass is 32.2. The standard InChI is InChI=1S/C36H31N3O4S2/c1-22-8-12-25(13-9-22)21-44-36-38-37-35(45-36)39-31(26-14-10-23(2)11-15-26)30(33(41)34(39)42)32(40)27-16-18-29(19-17-27)43-20-28-7-5-4-6-24(28)3/h4-19,31,40H,20-21H2,1-3H3/b32-30+. The molecule has 0 spiro atoms. The Kier molecular flexibility index (Phi) is 8.82. The van der Waals surface area contributed by atoms with Gasteiger partial charge in [0.1, 0.15) is 18.1 Å². The number of aromatic nitrogens is 2. The van der Waals surface area contributed by atoms with Gasteiger partial charge in [0.05, 0.1) is 11.6 Å². The van der Waals surface area contributed by atoms with Crippen LogP contribution in [0, 0.1) is 20.8 Å². The number of aliphatic hydroxyl groups excluding tert-OH is 1. The lowest BCUT2D eigenvalue weighted by Gasteiger charge is -2.22. The summed E-state index contributed by atoms with van der Waals surface area (Å²) in [4.78, 5) is 28.5. The van der Waals surface area contributed by atoms with Crippen LogP contribution in [0.2, 0.25) is 0 Å². The maximum Gasteiger partial charge on any atom is 0.301 e. The maximum atomic E-state index is 13.6. The lowest BCUT2D eigenvalue weighted by molar-refractivity contribution is -0.132. The van der Waals surface area contributed by atoms with Crippen molar-refractivity contribution in [1.82, 2.24) is 10.2 Å². The van der Waals surface area contributed by atoms with Crippen LogP contribution >= 0.6 is 23.1 Å². The molecule has 0 bridgehead atoms. The summed E-state index contributed by atoms with van der Waals surface area (Å²) in [5.74, 6) is -0.478. The molecule has 1 saturated heterocycles. The molecule has 6 rings (SSSR count). The van der Waals surface area contributed by atoms with Crippen molar-refractivity contribution in [2.24, 2.45) is 0 Å². The third-order valence-corrected chi connectivity index (χ3v) is 9.83. The number of nitrogens with zero attached hydrogens (tertiary/aromatic N) is 3. The van der Waals surface area contributed by atoms with Gasteiger partial charge in [-0.1, -0.05) is 107 Å². The van der Waals surface area contributed by atoms with Gasteiger partial charge in [0.15, 0.2) is 4.34 Å². The zero-order chi connectivity index (χ0) is 31.5. The fourth-order valence-electron chi connectivity index (χ4n) is 5.08. The smallest absolute Gasteiger partial charge is 0.301 e. The monoisotopic (exact) mass is 633 g/mol. The van der Waals surface area contributed by atoms with Crippen LogP contribution in [-0.4, -0.2) is 27.0 Å². The first-order valence-corrected chi connectivity index (χ1v) is 16.3. The molecule has 5 aromatic rings. The van der Waals surface area contributed by atoms with Gasteiger partial charge in [0, 0.05) is 11.3 Å². The van der Waals surface area contributed by atoms with Crippen LogP contribution in [-0.2, 0) is 21.9 Å². The number of Topliss-reactive ketones (excluding diaryl/α,β-unsaturated/α-hetero) is 1. The largest absolute Gasteiger partial charge is 0.507 e. The van der Waals surface area contributed by atoms with Gasteiger partial charge in [-0.2, -0.15) is 0 Å². The van der Waals surface area contributed by atoms with Crippen molar-refractivity contribution in [1.29, 1.82) is 0 Å². The van der Waals surface area contributed by atoms with Crippen molar-refractivity contribution in [3.8, 4) is 5.75 Å². The molecule has 1 amide bonds. The highest BCUT2D eigenvalue weighted by Gasteiger charge is 2.48. The number of thioether (sulfide) groups is 1. The van der Waals surface area contributed by atoms with E-state index in [1.807, 2.05) is 69.3 Å². The number of hydrogen-bond acceptors (Lipinski definition) is 8. The Labute approximate surface area is 270 Å². The second-order valence-electron chi connectivity index (χ2n) is 10.9. The number of aryl methyl sites for hydroxylation is 3. The van der Waals surface area contributed by atoms with Crippen molar-refractivity contribution in [2.45, 2.75) is 43.5 Å². The lowest BCUT2D eigenvalue weighted by Crippen LogP contribution is -2.29. The van der Waals surface area contributed by atoms with Gasteiger partial charge >= 0.3 is 5.91 Å². The summed E-state index contributed by atoms with van der Waals surface area (Å²) in [5.41, 5.74) is 6.67. The average Bonchev–Trinajstić information content (AvgIpc) is 3.62. The first-order valence-electron chi connectivity index (χ1n) is 14.5. The first-order chi connectivity index (χ1) is 21.8. The third kappa shape index (κ3) is 6.55. The number of amides is 1. The number of benzene rings is 4. The Morgan fingerprint density at radius 2 is 1.53 bits per heavy atom. The molecule has 9 heteroatoms. The molecule has 226 valence electrons. The molecule has 1 N–H and O–H groups in total. The van der Waals surface area contributed by atoms with Crippen molar-refractivity contribution in [3.05, 3.63) is 142 Å². The molecule has 0 saturated carbocycles. The van der Waals surface area contributed by atoms with Crippen LogP contribution in [0.25, 0.3) is 5.76 Å². The molecule has 1 fully saturated rings. The number of anilines is 1. The van der Waals surface area contributed by atoms with Gasteiger partial charge in [-0.25, -0.2) is 0 Å². The van der Waals surface area contributed by atoms with E-state index < -0.39 is 17.7 Å². The number of ether oxygens (including phenoxy) is 1. The molecule has 1 atom stereocenters. The van der Waals surface area contributed by atoms with Crippen molar-refractivity contribution in [2.75, 3.05) is 4.90 Å². The van der Waals surface area contributed by atoms with Crippen LogP contribution in [0.15, 0.2) is 107 Å². The number of rotatable bonds is 9. The first kappa shape index (κ1) is 30.3. The molecule has 2 heterocycles. The molecule has 4 aromatic carbocycles. The van der Waals surface area contributed by atoms with Gasteiger partial charge in [0.2, 0.25) is 5.13 Å². The molecule has 1 aliphatic rings. The minimum absolute atomic E-state index is 0.00138. The van der Waals surface area contributed by atoms with Crippen LogP contribution in [0.4, 0.5) is 5.13 Å². The fourth-order valence-corrected chi connectivity index (χ4v) is 6.90. The van der Waals surface area contributed by atoms with E-state index in [-0.39, 0.29) is 11.3 Å². The minimum atomic E-state index is -0.870. The molecule has 1 aromatic heterocycles. The summed E-state index contributed by atoms with van der Waals surface area (Å²) < 4.78 is 6.64. The van der Waals surface area contributed by atoms with Crippen LogP contribution in [0.1, 0.15) is 45.0 Å². The third-order valence-electron chi connectivity index (χ3n) is 7.71. The highest BCUT2D eigenvalue weighted by molar-refractivity contribution is 8.00. The van der Waals surface area contributed by atoms with E-state index in [4.69, 9.17) is 4.74 Å². The van der Waals surface area contributed by atoms with E-state index in [1.165, 1.54) is 33.6 Å². The Balaban J connectivity index is 1.29. The molecule has 1 unspecified atom stereocenters. The SMILES string of the molecule is Cc1ccc(CSc2nnc(N3C(=O)C(=O)/C(=C(/O)c4ccc(OCc5ccccc5C)cc4)C3c3ccc(C)cc3)s2)cc1. The summed E-state index contributed by atoms with van der Waals surface area (Å²) >= 11 is 2.77. The van der Waals surface area contributed by atoms with Crippen LogP contribution < -0.4 is 9.64 Å². The normalized spacial score (nSPS) is 15.9. The predicted octanol–water partition coefficient (Wildman–Crippen LogP) is 7.96. The molecular formula is C36H31N3O4S2. The van der Waals surface area contributed by atoms with Crippen molar-refractivity contribution < 1.29 is 19.4 Å². The van der Waals surface area contributed by atoms with E-state index in [9.17, 15) is 14.7 Å². The second-order valence-corrected chi connectivity index (χ2v) is 13.1. The lowest BCUT2D eigenvalue weighted by atomic mass is 9.95. The summed E-state index contributed by atoms with van der Waals surface area (Å²) in [6.07, 6.45) is 0. The Morgan fingerprint density at radius 3 is 2.22 bits per heavy atom. The maximum absolute atomic E-state index is 13.6. The van der Waals surface area contributed by atoms with Gasteiger partial charge in [-0.05, 0) is 67.3 Å². The Morgan fingerprint density at radius 1 is 0.867 bits per heavy atom. The summed E-state index contributed by atoms with van der Waals surface area (Å²) in [6, 6.07) is 29.8. The number of ketones is 1. The van der Waals surface area contributed by atoms with Crippen LogP contribution in [0.3, 0.4) is 0 Å². The van der Waals surface area contributed by atoms with Gasteiger partial charge in [-0.15, -0.1) is 10.2 Å². The van der Waals surface area contributed by atoms with E-state index in [0.29, 0.717) is 38.7 Å². The molecular weight excluding hydrogens is 603 g/mol. The molecule has 1 aliphatic heterocycles. The zero-order valence-electron chi connectivity index (χ0n) is 25.1. The van der Waals surface area contributed by atoms with Crippen LogP contribution in [0.5, 0.6) is 5.75 Å². The Bertz CT molecular complexity index is 1880. The van der Waals surface area contributed by atoms with E-state index >= 15 is 0 Å². The Hall–Kier alpha value is -4.73. The van der Waals surface area contributed by atoms with Crippen molar-refractivity contribution in [3.63, 3.8) is 0 Å². The molecule has 45 heavy (non-hydrogen) atoms. The topological polar surface area (TPSA) is 92.6 Å². The number of aliphatic hydroxyl groups is 1. The zero-order valence-corrected chi connectivity index (χ0v) is 26.7. The second kappa shape index (κ2) is 13.1. The number of hydrogen-bond donors (Lipinski definition) is 1. The van der Waals surface area contributed by atoms with E-state index in [0.717, 1.165) is 22.3 Å². The molecule has 0 aliphatic carbocycles. The van der Waals surface area contributed by atoms with E-state index in [2.05, 4.69) is 34.5 Å². The summed E-state index contributed by atoms with van der Waals surface area (Å²) in [5, 5.41) is 20.5. The number of carbonyl (C=O) groups excluding carboxylic acids is 2. The minimum Gasteiger partial charge on any atom is -0.507 e. The van der Waals surface area contributed by atoms with Gasteiger partial charge < -0.3 is 9.84 Å².